The van der Waals surface area contributed by atoms with Gasteiger partial charge in [-0.3, -0.25) is 9.48 Å². The van der Waals surface area contributed by atoms with Crippen molar-refractivity contribution in [2.45, 2.75) is 50.5 Å². The predicted octanol–water partition coefficient (Wildman–Crippen LogP) is 3.50. The van der Waals surface area contributed by atoms with Gasteiger partial charge in [-0.2, -0.15) is 10.4 Å². The van der Waals surface area contributed by atoms with E-state index in [2.05, 4.69) is 10.1 Å². The van der Waals surface area contributed by atoms with Gasteiger partial charge in [0, 0.05) is 18.5 Å². The Morgan fingerprint density at radius 2 is 2.11 bits per heavy atom. The number of carboxylic acids is 1. The lowest BCUT2D eigenvalue weighted by Crippen LogP contribution is -2.34. The number of pyridine rings is 1. The second-order valence-electron chi connectivity index (χ2n) is 8.92. The molecule has 11 heteroatoms. The van der Waals surface area contributed by atoms with Crippen LogP contribution in [0, 0.1) is 17.1 Å². The lowest BCUT2D eigenvalue weighted by atomic mass is 9.86. The molecule has 1 atom stereocenters. The number of benzene rings is 1. The SMILES string of the molecule is CC(C)c1c(F)c(C#N)cc(-c2ccnc(OCC(C)(C)n3cc(S(N)=O)cn3)c2)c1CC(=O)O. The summed E-state index contributed by atoms with van der Waals surface area (Å²) < 4.78 is 34.0. The number of carbonyl (C=O) groups is 1. The van der Waals surface area contributed by atoms with Crippen LogP contribution in [-0.4, -0.2) is 36.7 Å². The number of rotatable bonds is 9. The van der Waals surface area contributed by atoms with Crippen molar-refractivity contribution in [3.05, 3.63) is 59.3 Å². The average Bonchev–Trinajstić information content (AvgIpc) is 3.29. The van der Waals surface area contributed by atoms with Gasteiger partial charge in [0.15, 0.2) is 0 Å². The molecule has 0 saturated heterocycles. The van der Waals surface area contributed by atoms with E-state index in [0.29, 0.717) is 21.6 Å². The fourth-order valence-electron chi connectivity index (χ4n) is 3.71. The molecule has 0 radical (unpaired) electrons. The van der Waals surface area contributed by atoms with Crippen molar-refractivity contribution in [1.82, 2.24) is 14.8 Å². The summed E-state index contributed by atoms with van der Waals surface area (Å²) in [6.45, 7) is 7.38. The molecular weight excluding hydrogens is 473 g/mol. The second-order valence-corrected chi connectivity index (χ2v) is 9.98. The summed E-state index contributed by atoms with van der Waals surface area (Å²) in [4.78, 5) is 16.2. The quantitative estimate of drug-likeness (QED) is 0.458. The zero-order chi connectivity index (χ0) is 25.9. The van der Waals surface area contributed by atoms with Crippen molar-refractivity contribution in [3.63, 3.8) is 0 Å². The number of aliphatic carboxylic acids is 1. The number of ether oxygens (including phenoxy) is 1. The number of nitrogens with zero attached hydrogens (tertiary/aromatic N) is 4. The van der Waals surface area contributed by atoms with Crippen LogP contribution in [0.25, 0.3) is 11.1 Å². The highest BCUT2D eigenvalue weighted by Crippen LogP contribution is 2.35. The molecule has 0 bridgehead atoms. The maximum Gasteiger partial charge on any atom is 0.307 e. The van der Waals surface area contributed by atoms with Crippen LogP contribution in [0.1, 0.15) is 50.3 Å². The van der Waals surface area contributed by atoms with E-state index in [1.807, 2.05) is 19.9 Å². The minimum Gasteiger partial charge on any atom is -0.481 e. The van der Waals surface area contributed by atoms with E-state index in [-0.39, 0.29) is 29.5 Å². The number of nitrogens with two attached hydrogens (primary N) is 1. The van der Waals surface area contributed by atoms with Gasteiger partial charge in [-0.05, 0) is 54.2 Å². The second kappa shape index (κ2) is 10.3. The highest BCUT2D eigenvalue weighted by atomic mass is 32.2. The molecule has 3 aromatic rings. The highest BCUT2D eigenvalue weighted by Gasteiger charge is 2.25. The van der Waals surface area contributed by atoms with Crippen LogP contribution in [0.5, 0.6) is 5.88 Å². The van der Waals surface area contributed by atoms with Crippen LogP contribution in [0.15, 0.2) is 41.7 Å². The average molecular weight is 500 g/mol. The molecule has 3 N–H and O–H groups in total. The summed E-state index contributed by atoms with van der Waals surface area (Å²) >= 11 is 0. The van der Waals surface area contributed by atoms with Crippen molar-refractivity contribution in [3.8, 4) is 23.1 Å². The minimum atomic E-state index is -1.65. The molecule has 2 heterocycles. The summed E-state index contributed by atoms with van der Waals surface area (Å²) in [6, 6.07) is 6.49. The number of carboxylic acid groups (broad SMARTS) is 1. The molecular formula is C24H26FN5O4S. The van der Waals surface area contributed by atoms with E-state index in [1.165, 1.54) is 18.5 Å². The van der Waals surface area contributed by atoms with Gasteiger partial charge in [0.05, 0.1) is 28.6 Å². The van der Waals surface area contributed by atoms with Crippen LogP contribution in [-0.2, 0) is 27.7 Å². The minimum absolute atomic E-state index is 0.147. The first-order valence-electron chi connectivity index (χ1n) is 10.7. The van der Waals surface area contributed by atoms with E-state index >= 15 is 0 Å². The summed E-state index contributed by atoms with van der Waals surface area (Å²) in [5.41, 5.74) is 0.683. The van der Waals surface area contributed by atoms with Gasteiger partial charge in [-0.1, -0.05) is 13.8 Å². The van der Waals surface area contributed by atoms with Gasteiger partial charge < -0.3 is 9.84 Å². The molecule has 2 aromatic heterocycles. The van der Waals surface area contributed by atoms with Crippen LogP contribution in [0.3, 0.4) is 0 Å². The number of hydrogen-bond acceptors (Lipinski definition) is 6. The first kappa shape index (κ1) is 26.0. The fraction of sp³-hybridized carbons (Fsp3) is 0.333. The standard InChI is InChI=1S/C24H26FN5O4S/c1-14(2)22-19(9-21(31)32)18(7-16(10-26)23(22)25)15-5-6-28-20(8-15)34-13-24(3,4)30-12-17(11-29-30)35(27)33/h5-8,11-12,14H,9,13,27H2,1-4H3,(H,31,32). The Balaban J connectivity index is 1.99. The van der Waals surface area contributed by atoms with Crippen LogP contribution < -0.4 is 9.88 Å². The number of nitriles is 1. The molecule has 0 saturated carbocycles. The Hall–Kier alpha value is -3.62. The maximum absolute atomic E-state index is 15.0. The third-order valence-electron chi connectivity index (χ3n) is 5.47. The molecule has 0 fully saturated rings. The van der Waals surface area contributed by atoms with E-state index in [9.17, 15) is 23.8 Å². The Morgan fingerprint density at radius 1 is 1.40 bits per heavy atom. The van der Waals surface area contributed by atoms with Gasteiger partial charge in [0.25, 0.3) is 0 Å². The summed E-state index contributed by atoms with van der Waals surface area (Å²) in [6.07, 6.45) is 4.10. The first-order valence-corrected chi connectivity index (χ1v) is 11.9. The smallest absolute Gasteiger partial charge is 0.307 e. The van der Waals surface area contributed by atoms with Crippen LogP contribution in [0.2, 0.25) is 0 Å². The van der Waals surface area contributed by atoms with E-state index in [0.717, 1.165) is 0 Å². The summed E-state index contributed by atoms with van der Waals surface area (Å²) in [5, 5.41) is 28.5. The lowest BCUT2D eigenvalue weighted by Gasteiger charge is -2.25. The molecule has 3 rings (SSSR count). The lowest BCUT2D eigenvalue weighted by molar-refractivity contribution is -0.136. The highest BCUT2D eigenvalue weighted by molar-refractivity contribution is 7.82. The number of hydrogen-bond donors (Lipinski definition) is 2. The van der Waals surface area contributed by atoms with Crippen molar-refractivity contribution in [2.24, 2.45) is 5.14 Å². The Labute approximate surface area is 204 Å². The number of aromatic nitrogens is 3. The zero-order valence-corrected chi connectivity index (χ0v) is 20.6. The van der Waals surface area contributed by atoms with Crippen LogP contribution >= 0.6 is 0 Å². The third kappa shape index (κ3) is 5.72. The number of halogens is 1. The molecule has 0 spiro atoms. The molecule has 9 nitrogen and oxygen atoms in total. The van der Waals surface area contributed by atoms with E-state index in [4.69, 9.17) is 9.88 Å². The molecule has 1 aromatic carbocycles. The van der Waals surface area contributed by atoms with Crippen LogP contribution in [0.4, 0.5) is 4.39 Å². The Bertz CT molecular complexity index is 1330. The van der Waals surface area contributed by atoms with E-state index in [1.54, 1.807) is 36.9 Å². The van der Waals surface area contributed by atoms with Gasteiger partial charge in [-0.15, -0.1) is 0 Å². The third-order valence-corrected chi connectivity index (χ3v) is 6.14. The topological polar surface area (TPSA) is 144 Å². The van der Waals surface area contributed by atoms with Gasteiger partial charge >= 0.3 is 5.97 Å². The fourth-order valence-corrected chi connectivity index (χ4v) is 4.07. The molecule has 184 valence electrons. The van der Waals surface area contributed by atoms with Crippen molar-refractivity contribution in [1.29, 1.82) is 5.26 Å². The Morgan fingerprint density at radius 3 is 2.69 bits per heavy atom. The molecule has 0 amide bonds. The monoisotopic (exact) mass is 499 g/mol. The molecule has 0 aliphatic rings. The van der Waals surface area contributed by atoms with Crippen molar-refractivity contribution < 1.29 is 23.2 Å². The molecule has 0 aliphatic heterocycles. The first-order chi connectivity index (χ1) is 16.4. The summed E-state index contributed by atoms with van der Waals surface area (Å²) in [5.74, 6) is -1.90. The molecule has 1 unspecified atom stereocenters. The maximum atomic E-state index is 15.0. The summed E-state index contributed by atoms with van der Waals surface area (Å²) in [7, 11) is -1.65. The van der Waals surface area contributed by atoms with Gasteiger partial charge in [0.2, 0.25) is 5.88 Å². The van der Waals surface area contributed by atoms with Gasteiger partial charge in [0.1, 0.15) is 29.5 Å². The molecule has 35 heavy (non-hydrogen) atoms. The zero-order valence-electron chi connectivity index (χ0n) is 19.8. The van der Waals surface area contributed by atoms with Crippen molar-refractivity contribution >= 4 is 17.0 Å². The molecule has 0 aliphatic carbocycles. The largest absolute Gasteiger partial charge is 0.481 e. The van der Waals surface area contributed by atoms with E-state index < -0.39 is 34.7 Å². The van der Waals surface area contributed by atoms with Gasteiger partial charge in [-0.25, -0.2) is 18.7 Å². The predicted molar refractivity (Wildman–Crippen MR) is 127 cm³/mol. The Kier molecular flexibility index (Phi) is 7.67. The normalized spacial score (nSPS) is 12.4. The van der Waals surface area contributed by atoms with Crippen molar-refractivity contribution in [2.75, 3.05) is 6.61 Å².